The van der Waals surface area contributed by atoms with Crippen molar-refractivity contribution in [3.8, 4) is 0 Å². The molecule has 1 aromatic carbocycles. The maximum Gasteiger partial charge on any atom is 0.130 e. The van der Waals surface area contributed by atoms with Crippen LogP contribution in [0.25, 0.3) is 0 Å². The van der Waals surface area contributed by atoms with Crippen molar-refractivity contribution in [2.75, 3.05) is 18.4 Å². The Labute approximate surface area is 111 Å². The maximum atomic E-state index is 5.99. The summed E-state index contributed by atoms with van der Waals surface area (Å²) < 4.78 is 0. The number of rotatable bonds is 1. The van der Waals surface area contributed by atoms with Crippen LogP contribution in [0.1, 0.15) is 11.3 Å². The van der Waals surface area contributed by atoms with Crippen molar-refractivity contribution in [3.05, 3.63) is 58.9 Å². The van der Waals surface area contributed by atoms with E-state index in [2.05, 4.69) is 15.3 Å². The SMILES string of the molecule is Clc1ccc2c(n1)C(c1ccccc1)=NCCN2. The Bertz CT molecular complexity index is 593. The highest BCUT2D eigenvalue weighted by atomic mass is 35.5. The van der Waals surface area contributed by atoms with Crippen LogP contribution in [-0.4, -0.2) is 23.8 Å². The minimum Gasteiger partial charge on any atom is -0.381 e. The molecular weight excluding hydrogens is 246 g/mol. The van der Waals surface area contributed by atoms with E-state index >= 15 is 0 Å². The molecule has 1 aromatic heterocycles. The first-order chi connectivity index (χ1) is 8.84. The number of anilines is 1. The minimum atomic E-state index is 0.487. The standard InChI is InChI=1S/C14H12ClN3/c15-12-7-6-11-14(18-12)13(17-9-8-16-11)10-4-2-1-3-5-10/h1-7,16H,8-9H2. The maximum absolute atomic E-state index is 5.99. The number of hydrogen-bond acceptors (Lipinski definition) is 3. The molecule has 3 rings (SSSR count). The molecule has 3 nitrogen and oxygen atoms in total. The van der Waals surface area contributed by atoms with Gasteiger partial charge in [0.05, 0.1) is 17.9 Å². The predicted molar refractivity (Wildman–Crippen MR) is 74.7 cm³/mol. The molecule has 0 amide bonds. The first kappa shape index (κ1) is 11.2. The Morgan fingerprint density at radius 1 is 1.06 bits per heavy atom. The summed E-state index contributed by atoms with van der Waals surface area (Å²) in [5.74, 6) is 0. The van der Waals surface area contributed by atoms with Gasteiger partial charge >= 0.3 is 0 Å². The third-order valence-electron chi connectivity index (χ3n) is 2.83. The first-order valence-corrected chi connectivity index (χ1v) is 6.23. The van der Waals surface area contributed by atoms with Gasteiger partial charge in [0.2, 0.25) is 0 Å². The summed E-state index contributed by atoms with van der Waals surface area (Å²) in [7, 11) is 0. The Kier molecular flexibility index (Phi) is 2.99. The molecule has 1 aliphatic heterocycles. The van der Waals surface area contributed by atoms with Gasteiger partial charge in [0, 0.05) is 12.1 Å². The molecule has 1 aliphatic rings. The van der Waals surface area contributed by atoms with Crippen LogP contribution in [0.3, 0.4) is 0 Å². The molecule has 0 unspecified atom stereocenters. The minimum absolute atomic E-state index is 0.487. The summed E-state index contributed by atoms with van der Waals surface area (Å²) in [5.41, 5.74) is 3.78. The van der Waals surface area contributed by atoms with Crippen molar-refractivity contribution in [2.45, 2.75) is 0 Å². The molecule has 0 fully saturated rings. The number of halogens is 1. The number of benzene rings is 1. The van der Waals surface area contributed by atoms with E-state index in [4.69, 9.17) is 11.6 Å². The van der Waals surface area contributed by atoms with Crippen LogP contribution in [0.15, 0.2) is 47.5 Å². The van der Waals surface area contributed by atoms with Gasteiger partial charge in [0.15, 0.2) is 0 Å². The number of aromatic nitrogens is 1. The van der Waals surface area contributed by atoms with Crippen molar-refractivity contribution in [3.63, 3.8) is 0 Å². The van der Waals surface area contributed by atoms with E-state index < -0.39 is 0 Å². The third-order valence-corrected chi connectivity index (χ3v) is 3.04. The highest BCUT2D eigenvalue weighted by molar-refractivity contribution is 6.30. The Balaban J connectivity index is 2.16. The molecule has 90 valence electrons. The van der Waals surface area contributed by atoms with Crippen LogP contribution >= 0.6 is 11.6 Å². The van der Waals surface area contributed by atoms with Gasteiger partial charge in [-0.05, 0) is 12.1 Å². The van der Waals surface area contributed by atoms with Crippen LogP contribution in [0, 0.1) is 0 Å². The molecule has 0 bridgehead atoms. The molecule has 2 heterocycles. The number of fused-ring (bicyclic) bond motifs is 1. The lowest BCUT2D eigenvalue weighted by Gasteiger charge is -2.09. The zero-order chi connectivity index (χ0) is 12.4. The fraction of sp³-hybridized carbons (Fsp3) is 0.143. The topological polar surface area (TPSA) is 37.3 Å². The Morgan fingerprint density at radius 3 is 2.72 bits per heavy atom. The third kappa shape index (κ3) is 2.09. The number of pyridine rings is 1. The van der Waals surface area contributed by atoms with E-state index in [0.29, 0.717) is 5.15 Å². The van der Waals surface area contributed by atoms with Gasteiger partial charge in [0.25, 0.3) is 0 Å². The second-order valence-corrected chi connectivity index (χ2v) is 4.44. The van der Waals surface area contributed by atoms with Gasteiger partial charge in [-0.1, -0.05) is 41.9 Å². The van der Waals surface area contributed by atoms with Gasteiger partial charge in [-0.3, -0.25) is 4.99 Å². The Morgan fingerprint density at radius 2 is 1.89 bits per heavy atom. The van der Waals surface area contributed by atoms with Gasteiger partial charge in [0.1, 0.15) is 10.8 Å². The van der Waals surface area contributed by atoms with Crippen LogP contribution in [-0.2, 0) is 0 Å². The second-order valence-electron chi connectivity index (χ2n) is 4.05. The summed E-state index contributed by atoms with van der Waals surface area (Å²) in [6.45, 7) is 1.55. The zero-order valence-corrected chi connectivity index (χ0v) is 10.5. The van der Waals surface area contributed by atoms with Crippen molar-refractivity contribution in [1.82, 2.24) is 4.98 Å². The Hall–Kier alpha value is -1.87. The molecule has 0 atom stereocenters. The van der Waals surface area contributed by atoms with E-state index in [0.717, 1.165) is 35.7 Å². The molecule has 2 aromatic rings. The van der Waals surface area contributed by atoms with E-state index in [1.807, 2.05) is 36.4 Å². The molecule has 0 saturated carbocycles. The normalized spacial score (nSPS) is 14.2. The zero-order valence-electron chi connectivity index (χ0n) is 9.73. The fourth-order valence-corrected chi connectivity index (χ4v) is 2.16. The quantitative estimate of drug-likeness (QED) is 0.798. The molecule has 0 radical (unpaired) electrons. The van der Waals surface area contributed by atoms with Gasteiger partial charge < -0.3 is 5.32 Å². The largest absolute Gasteiger partial charge is 0.381 e. The highest BCUT2D eigenvalue weighted by Crippen LogP contribution is 2.22. The molecule has 4 heteroatoms. The molecule has 18 heavy (non-hydrogen) atoms. The summed E-state index contributed by atoms with van der Waals surface area (Å²) in [6, 6.07) is 13.8. The number of nitrogens with zero attached hydrogens (tertiary/aromatic N) is 2. The first-order valence-electron chi connectivity index (χ1n) is 5.85. The molecule has 0 aliphatic carbocycles. The smallest absolute Gasteiger partial charge is 0.130 e. The van der Waals surface area contributed by atoms with Crippen LogP contribution < -0.4 is 5.32 Å². The van der Waals surface area contributed by atoms with Crippen molar-refractivity contribution >= 4 is 23.0 Å². The lowest BCUT2D eigenvalue weighted by molar-refractivity contribution is 1.04. The summed E-state index contributed by atoms with van der Waals surface area (Å²) in [5, 5.41) is 3.80. The van der Waals surface area contributed by atoms with Crippen LogP contribution in [0.4, 0.5) is 5.69 Å². The number of hydrogen-bond donors (Lipinski definition) is 1. The summed E-state index contributed by atoms with van der Waals surface area (Å²) >= 11 is 5.99. The monoisotopic (exact) mass is 257 g/mol. The van der Waals surface area contributed by atoms with E-state index in [1.165, 1.54) is 0 Å². The van der Waals surface area contributed by atoms with Crippen molar-refractivity contribution < 1.29 is 0 Å². The highest BCUT2D eigenvalue weighted by Gasteiger charge is 2.16. The van der Waals surface area contributed by atoms with Crippen molar-refractivity contribution in [1.29, 1.82) is 0 Å². The molecule has 1 N–H and O–H groups in total. The van der Waals surface area contributed by atoms with Crippen LogP contribution in [0.2, 0.25) is 5.15 Å². The lowest BCUT2D eigenvalue weighted by Crippen LogP contribution is -2.08. The van der Waals surface area contributed by atoms with E-state index in [1.54, 1.807) is 6.07 Å². The summed E-state index contributed by atoms with van der Waals surface area (Å²) in [4.78, 5) is 9.01. The van der Waals surface area contributed by atoms with Gasteiger partial charge in [-0.2, -0.15) is 0 Å². The molecule has 0 saturated heterocycles. The second kappa shape index (κ2) is 4.78. The summed E-state index contributed by atoms with van der Waals surface area (Å²) in [6.07, 6.45) is 0. The van der Waals surface area contributed by atoms with E-state index in [-0.39, 0.29) is 0 Å². The lowest BCUT2D eigenvalue weighted by atomic mass is 10.1. The van der Waals surface area contributed by atoms with Crippen LogP contribution in [0.5, 0.6) is 0 Å². The van der Waals surface area contributed by atoms with Crippen molar-refractivity contribution in [2.24, 2.45) is 4.99 Å². The predicted octanol–water partition coefficient (Wildman–Crippen LogP) is 3.00. The molecular formula is C14H12ClN3. The number of aliphatic imine (C=N–C) groups is 1. The average molecular weight is 258 g/mol. The van der Waals surface area contributed by atoms with Gasteiger partial charge in [-0.25, -0.2) is 4.98 Å². The van der Waals surface area contributed by atoms with Gasteiger partial charge in [-0.15, -0.1) is 0 Å². The fourth-order valence-electron chi connectivity index (χ4n) is 2.02. The van der Waals surface area contributed by atoms with E-state index in [9.17, 15) is 0 Å². The molecule has 0 spiro atoms. The number of nitrogens with one attached hydrogen (secondary N) is 1. The average Bonchev–Trinajstić information content (AvgIpc) is 2.61.